The maximum absolute atomic E-state index is 10.3. The Morgan fingerprint density at radius 2 is 1.88 bits per heavy atom. The fourth-order valence-electron chi connectivity index (χ4n) is 0.881. The van der Waals surface area contributed by atoms with Crippen LogP contribution in [0.2, 0.25) is 0 Å². The second kappa shape index (κ2) is 9.94. The van der Waals surface area contributed by atoms with Gasteiger partial charge < -0.3 is 5.73 Å². The quantitative estimate of drug-likeness (QED) is 0.488. The summed E-state index contributed by atoms with van der Waals surface area (Å²) in [6.45, 7) is 3.12. The summed E-state index contributed by atoms with van der Waals surface area (Å²) in [6.07, 6.45) is 7.80. The van der Waals surface area contributed by atoms with Crippen molar-refractivity contribution in [1.29, 1.82) is 5.26 Å². The topological polar surface area (TPSA) is 66.9 Å². The highest BCUT2D eigenvalue weighted by atomic mass is 16.1. The van der Waals surface area contributed by atoms with Crippen molar-refractivity contribution in [1.82, 2.24) is 0 Å². The highest BCUT2D eigenvalue weighted by Crippen LogP contribution is 2.00. The second-order valence-electron chi connectivity index (χ2n) is 2.86. The van der Waals surface area contributed by atoms with Gasteiger partial charge in [-0.1, -0.05) is 55.1 Å². The number of primary amides is 1. The van der Waals surface area contributed by atoms with Crippen molar-refractivity contribution in [3.8, 4) is 6.07 Å². The van der Waals surface area contributed by atoms with Gasteiger partial charge in [0.1, 0.15) is 0 Å². The average molecular weight is 226 g/mol. The highest BCUT2D eigenvalue weighted by molar-refractivity contribution is 5.86. The van der Waals surface area contributed by atoms with E-state index in [2.05, 4.69) is 6.58 Å². The molecule has 0 aliphatic heterocycles. The van der Waals surface area contributed by atoms with Gasteiger partial charge in [-0.2, -0.15) is 5.26 Å². The van der Waals surface area contributed by atoms with E-state index in [0.717, 1.165) is 5.56 Å². The molecule has 1 aromatic carbocycles. The first kappa shape index (κ1) is 14.4. The number of nitrogens with two attached hydrogens (primary N) is 1. The van der Waals surface area contributed by atoms with Gasteiger partial charge in [0.25, 0.3) is 0 Å². The molecule has 1 rings (SSSR count). The molecular weight excluding hydrogens is 212 g/mol. The van der Waals surface area contributed by atoms with Crippen molar-refractivity contribution in [3.05, 3.63) is 66.8 Å². The molecule has 3 heteroatoms. The minimum Gasteiger partial charge on any atom is -0.366 e. The van der Waals surface area contributed by atoms with Crippen molar-refractivity contribution in [2.75, 3.05) is 0 Å². The van der Waals surface area contributed by atoms with Crippen LogP contribution in [-0.2, 0) is 4.79 Å². The van der Waals surface area contributed by atoms with E-state index in [1.807, 2.05) is 36.4 Å². The van der Waals surface area contributed by atoms with E-state index < -0.39 is 5.91 Å². The predicted octanol–water partition coefficient (Wildman–Crippen LogP) is 2.44. The summed E-state index contributed by atoms with van der Waals surface area (Å²) in [6, 6.07) is 11.5. The van der Waals surface area contributed by atoms with Gasteiger partial charge in [-0.3, -0.25) is 4.79 Å². The SMILES string of the molecule is C=CC#N.NC(=O)C=CC=Cc1ccccc1. The van der Waals surface area contributed by atoms with Crippen LogP contribution >= 0.6 is 0 Å². The summed E-state index contributed by atoms with van der Waals surface area (Å²) in [5, 5.41) is 7.51. The van der Waals surface area contributed by atoms with Gasteiger partial charge in [0.05, 0.1) is 6.07 Å². The first-order valence-electron chi connectivity index (χ1n) is 4.90. The minimum atomic E-state index is -0.433. The van der Waals surface area contributed by atoms with Crippen molar-refractivity contribution in [2.24, 2.45) is 5.73 Å². The van der Waals surface area contributed by atoms with Crippen molar-refractivity contribution < 1.29 is 4.79 Å². The van der Waals surface area contributed by atoms with Gasteiger partial charge in [0.15, 0.2) is 0 Å². The normalized spacial score (nSPS) is 9.35. The molecule has 0 aliphatic rings. The van der Waals surface area contributed by atoms with Crippen molar-refractivity contribution in [2.45, 2.75) is 0 Å². The Morgan fingerprint density at radius 1 is 1.29 bits per heavy atom. The molecule has 0 heterocycles. The van der Waals surface area contributed by atoms with Crippen LogP contribution in [0.15, 0.2) is 61.2 Å². The van der Waals surface area contributed by atoms with Crippen LogP contribution in [0.5, 0.6) is 0 Å². The standard InChI is InChI=1S/C11H11NO.C3H3N/c12-11(13)9-5-4-8-10-6-2-1-3-7-10;1-2-3-4/h1-9H,(H2,12,13);2H,1H2. The van der Waals surface area contributed by atoms with Gasteiger partial charge in [-0.15, -0.1) is 0 Å². The van der Waals surface area contributed by atoms with E-state index in [9.17, 15) is 4.79 Å². The Labute approximate surface area is 101 Å². The first-order chi connectivity index (χ1) is 8.20. The van der Waals surface area contributed by atoms with E-state index >= 15 is 0 Å². The molecule has 17 heavy (non-hydrogen) atoms. The van der Waals surface area contributed by atoms with Crippen molar-refractivity contribution in [3.63, 3.8) is 0 Å². The zero-order valence-corrected chi connectivity index (χ0v) is 9.41. The maximum atomic E-state index is 10.3. The lowest BCUT2D eigenvalue weighted by molar-refractivity contribution is -0.113. The number of allylic oxidation sites excluding steroid dienone is 3. The van der Waals surface area contributed by atoms with Gasteiger partial charge in [-0.05, 0) is 5.56 Å². The van der Waals surface area contributed by atoms with Gasteiger partial charge in [-0.25, -0.2) is 0 Å². The van der Waals surface area contributed by atoms with E-state index in [1.54, 1.807) is 18.2 Å². The van der Waals surface area contributed by atoms with Crippen LogP contribution in [0.3, 0.4) is 0 Å². The summed E-state index contributed by atoms with van der Waals surface area (Å²) in [7, 11) is 0. The number of nitrogens with zero attached hydrogens (tertiary/aromatic N) is 1. The highest BCUT2D eigenvalue weighted by Gasteiger charge is 1.81. The number of rotatable bonds is 3. The monoisotopic (exact) mass is 226 g/mol. The first-order valence-corrected chi connectivity index (χ1v) is 4.90. The van der Waals surface area contributed by atoms with Crippen LogP contribution < -0.4 is 5.73 Å². The van der Waals surface area contributed by atoms with E-state index in [-0.39, 0.29) is 0 Å². The molecule has 3 nitrogen and oxygen atoms in total. The summed E-state index contributed by atoms with van der Waals surface area (Å²) >= 11 is 0. The molecule has 0 aromatic heterocycles. The number of carbonyl (C=O) groups is 1. The fourth-order valence-corrected chi connectivity index (χ4v) is 0.881. The van der Waals surface area contributed by atoms with E-state index in [4.69, 9.17) is 11.0 Å². The Bertz CT molecular complexity index is 439. The third-order valence-electron chi connectivity index (χ3n) is 1.55. The molecule has 0 saturated carbocycles. The lowest BCUT2D eigenvalue weighted by Crippen LogP contribution is -2.04. The van der Waals surface area contributed by atoms with Crippen LogP contribution in [0, 0.1) is 11.3 Å². The Kier molecular flexibility index (Phi) is 8.42. The molecular formula is C14H14N2O. The Balaban J connectivity index is 0.000000557. The summed E-state index contributed by atoms with van der Waals surface area (Å²) in [5.74, 6) is -0.433. The zero-order chi connectivity index (χ0) is 12.9. The number of carbonyl (C=O) groups excluding carboxylic acids is 1. The van der Waals surface area contributed by atoms with E-state index in [1.165, 1.54) is 12.2 Å². The summed E-state index contributed by atoms with van der Waals surface area (Å²) in [4.78, 5) is 10.3. The molecule has 0 fully saturated rings. The van der Waals surface area contributed by atoms with E-state index in [0.29, 0.717) is 0 Å². The van der Waals surface area contributed by atoms with Crippen molar-refractivity contribution >= 4 is 12.0 Å². The molecule has 0 atom stereocenters. The Morgan fingerprint density at radius 3 is 2.35 bits per heavy atom. The zero-order valence-electron chi connectivity index (χ0n) is 9.41. The average Bonchev–Trinajstić information content (AvgIpc) is 2.36. The van der Waals surface area contributed by atoms with Gasteiger partial charge in [0, 0.05) is 12.2 Å². The number of benzene rings is 1. The molecule has 0 spiro atoms. The summed E-state index contributed by atoms with van der Waals surface area (Å²) in [5.41, 5.74) is 6.01. The smallest absolute Gasteiger partial charge is 0.241 e. The number of hydrogen-bond donors (Lipinski definition) is 1. The molecule has 86 valence electrons. The van der Waals surface area contributed by atoms with Crippen LogP contribution in [0.4, 0.5) is 0 Å². The Hall–Kier alpha value is -2.60. The van der Waals surface area contributed by atoms with Crippen LogP contribution in [0.25, 0.3) is 6.08 Å². The number of hydrogen-bond acceptors (Lipinski definition) is 2. The third kappa shape index (κ3) is 9.70. The van der Waals surface area contributed by atoms with Crippen LogP contribution in [-0.4, -0.2) is 5.91 Å². The van der Waals surface area contributed by atoms with Crippen LogP contribution in [0.1, 0.15) is 5.56 Å². The van der Waals surface area contributed by atoms with Gasteiger partial charge >= 0.3 is 0 Å². The summed E-state index contributed by atoms with van der Waals surface area (Å²) < 4.78 is 0. The predicted molar refractivity (Wildman–Crippen MR) is 69.6 cm³/mol. The third-order valence-corrected chi connectivity index (χ3v) is 1.55. The molecule has 1 amide bonds. The molecule has 0 bridgehead atoms. The largest absolute Gasteiger partial charge is 0.366 e. The second-order valence-corrected chi connectivity index (χ2v) is 2.86. The maximum Gasteiger partial charge on any atom is 0.241 e. The number of amides is 1. The molecule has 1 aromatic rings. The fraction of sp³-hybridized carbons (Fsp3) is 0. The molecule has 0 saturated heterocycles. The lowest BCUT2D eigenvalue weighted by Gasteiger charge is -1.87. The molecule has 0 aliphatic carbocycles. The van der Waals surface area contributed by atoms with Gasteiger partial charge in [0.2, 0.25) is 5.91 Å². The number of nitriles is 1. The lowest BCUT2D eigenvalue weighted by atomic mass is 10.2. The minimum absolute atomic E-state index is 0.433. The molecule has 0 unspecified atom stereocenters. The molecule has 2 N–H and O–H groups in total. The molecule has 0 radical (unpaired) electrons.